The van der Waals surface area contributed by atoms with E-state index < -0.39 is 0 Å². The molecule has 3 aromatic carbocycles. The maximum absolute atomic E-state index is 13.8. The first kappa shape index (κ1) is 21.6. The van der Waals surface area contributed by atoms with Gasteiger partial charge in [-0.05, 0) is 66.4 Å². The monoisotopic (exact) mass is 445 g/mol. The number of benzene rings is 3. The highest BCUT2D eigenvalue weighted by molar-refractivity contribution is 5.95. The Labute approximate surface area is 193 Å². The van der Waals surface area contributed by atoms with Crippen LogP contribution in [-0.2, 0) is 11.3 Å². The van der Waals surface area contributed by atoms with E-state index >= 15 is 0 Å². The molecule has 3 aromatic rings. The van der Waals surface area contributed by atoms with E-state index in [9.17, 15) is 14.0 Å². The third kappa shape index (κ3) is 4.76. The number of hydrogen-bond donors (Lipinski definition) is 2. The Morgan fingerprint density at radius 1 is 0.970 bits per heavy atom. The van der Waals surface area contributed by atoms with Crippen LogP contribution in [-0.4, -0.2) is 41.9 Å². The Hall–Kier alpha value is -3.25. The van der Waals surface area contributed by atoms with Gasteiger partial charge in [0.1, 0.15) is 5.82 Å². The van der Waals surface area contributed by atoms with Gasteiger partial charge < -0.3 is 15.5 Å². The number of rotatable bonds is 6. The van der Waals surface area contributed by atoms with Crippen molar-refractivity contribution in [3.05, 3.63) is 83.7 Å². The highest BCUT2D eigenvalue weighted by atomic mass is 19.1. The lowest BCUT2D eigenvalue weighted by Crippen LogP contribution is -2.55. The molecule has 1 saturated carbocycles. The van der Waals surface area contributed by atoms with Crippen LogP contribution in [0.1, 0.15) is 35.2 Å². The van der Waals surface area contributed by atoms with E-state index in [0.717, 1.165) is 24.9 Å². The fourth-order valence-electron chi connectivity index (χ4n) is 4.74. The average Bonchev–Trinajstić information content (AvgIpc) is 3.68. The Balaban J connectivity index is 1.35. The Kier molecular flexibility index (Phi) is 6.09. The summed E-state index contributed by atoms with van der Waals surface area (Å²) in [6.07, 6.45) is 2.71. The normalized spacial score (nSPS) is 20.4. The number of amides is 2. The first-order valence-electron chi connectivity index (χ1n) is 11.6. The summed E-state index contributed by atoms with van der Waals surface area (Å²) in [6.45, 7) is 1.84. The van der Waals surface area contributed by atoms with Crippen molar-refractivity contribution >= 4 is 22.6 Å². The quantitative estimate of drug-likeness (QED) is 0.605. The molecule has 2 unspecified atom stereocenters. The van der Waals surface area contributed by atoms with Crippen LogP contribution in [0.25, 0.3) is 10.8 Å². The maximum atomic E-state index is 13.8. The van der Waals surface area contributed by atoms with Crippen molar-refractivity contribution in [3.8, 4) is 0 Å². The van der Waals surface area contributed by atoms with Gasteiger partial charge in [0.05, 0.1) is 5.92 Å². The first-order valence-corrected chi connectivity index (χ1v) is 11.6. The number of halogens is 1. The van der Waals surface area contributed by atoms with Gasteiger partial charge in [0.15, 0.2) is 0 Å². The summed E-state index contributed by atoms with van der Waals surface area (Å²) in [6, 6.07) is 20.0. The predicted octanol–water partition coefficient (Wildman–Crippen LogP) is 3.88. The van der Waals surface area contributed by atoms with E-state index in [4.69, 9.17) is 0 Å². The van der Waals surface area contributed by atoms with Gasteiger partial charge in [-0.3, -0.25) is 9.59 Å². The third-order valence-electron chi connectivity index (χ3n) is 6.71. The van der Waals surface area contributed by atoms with Crippen molar-refractivity contribution < 1.29 is 14.0 Å². The molecule has 1 aliphatic heterocycles. The molecule has 2 aliphatic rings. The Morgan fingerprint density at radius 2 is 1.73 bits per heavy atom. The van der Waals surface area contributed by atoms with Gasteiger partial charge in [-0.25, -0.2) is 4.39 Å². The summed E-state index contributed by atoms with van der Waals surface area (Å²) in [7, 11) is 0. The van der Waals surface area contributed by atoms with Crippen LogP contribution < -0.4 is 10.6 Å². The fourth-order valence-corrected chi connectivity index (χ4v) is 4.74. The maximum Gasteiger partial charge on any atom is 0.251 e. The topological polar surface area (TPSA) is 61.4 Å². The summed E-state index contributed by atoms with van der Waals surface area (Å²) in [5, 5.41) is 8.71. The molecule has 5 rings (SSSR count). The lowest BCUT2D eigenvalue weighted by molar-refractivity contribution is -0.138. The van der Waals surface area contributed by atoms with Gasteiger partial charge in [-0.1, -0.05) is 42.5 Å². The number of fused-ring (bicyclic) bond motifs is 1. The molecule has 6 heteroatoms. The number of carbonyl (C=O) groups is 2. The molecule has 0 bridgehead atoms. The molecule has 2 atom stereocenters. The summed E-state index contributed by atoms with van der Waals surface area (Å²) in [4.78, 5) is 28.6. The van der Waals surface area contributed by atoms with Crippen molar-refractivity contribution in [3.63, 3.8) is 0 Å². The lowest BCUT2D eigenvalue weighted by Gasteiger charge is -2.36. The van der Waals surface area contributed by atoms with E-state index in [2.05, 4.69) is 34.9 Å². The van der Waals surface area contributed by atoms with E-state index in [1.165, 1.54) is 35.0 Å². The summed E-state index contributed by atoms with van der Waals surface area (Å²) < 4.78 is 13.2. The van der Waals surface area contributed by atoms with Crippen LogP contribution >= 0.6 is 0 Å². The molecular weight excluding hydrogens is 417 g/mol. The predicted molar refractivity (Wildman–Crippen MR) is 126 cm³/mol. The molecule has 2 N–H and O–H groups in total. The SMILES string of the molecule is O=C(NC1CCNCC1C(=O)N(Cc1cccc2ccccc12)C1CC1)c1ccc(F)cc1. The van der Waals surface area contributed by atoms with E-state index in [-0.39, 0.29) is 35.6 Å². The average molecular weight is 446 g/mol. The molecule has 0 spiro atoms. The van der Waals surface area contributed by atoms with Crippen molar-refractivity contribution in [1.82, 2.24) is 15.5 Å². The van der Waals surface area contributed by atoms with Gasteiger partial charge in [0.25, 0.3) is 5.91 Å². The molecule has 1 heterocycles. The van der Waals surface area contributed by atoms with Gasteiger partial charge in [-0.2, -0.15) is 0 Å². The second kappa shape index (κ2) is 9.32. The third-order valence-corrected chi connectivity index (χ3v) is 6.71. The smallest absolute Gasteiger partial charge is 0.251 e. The zero-order valence-electron chi connectivity index (χ0n) is 18.5. The molecule has 0 aromatic heterocycles. The second-order valence-corrected chi connectivity index (χ2v) is 9.02. The number of carbonyl (C=O) groups excluding carboxylic acids is 2. The summed E-state index contributed by atoms with van der Waals surface area (Å²) in [5.41, 5.74) is 1.54. The number of hydrogen-bond acceptors (Lipinski definition) is 3. The zero-order valence-corrected chi connectivity index (χ0v) is 18.5. The van der Waals surface area contributed by atoms with Crippen molar-refractivity contribution in [1.29, 1.82) is 0 Å². The molecule has 33 heavy (non-hydrogen) atoms. The first-order chi connectivity index (χ1) is 16.1. The Bertz CT molecular complexity index is 1150. The highest BCUT2D eigenvalue weighted by Crippen LogP contribution is 2.32. The zero-order chi connectivity index (χ0) is 22.8. The molecule has 1 saturated heterocycles. The van der Waals surface area contributed by atoms with Crippen LogP contribution in [0.2, 0.25) is 0 Å². The van der Waals surface area contributed by atoms with Crippen LogP contribution in [0.5, 0.6) is 0 Å². The molecule has 1 aliphatic carbocycles. The van der Waals surface area contributed by atoms with E-state index in [0.29, 0.717) is 25.1 Å². The molecule has 0 radical (unpaired) electrons. The van der Waals surface area contributed by atoms with Crippen molar-refractivity contribution in [2.24, 2.45) is 5.92 Å². The summed E-state index contributed by atoms with van der Waals surface area (Å²) >= 11 is 0. The standard InChI is InChI=1S/C27H28FN3O2/c28-21-10-8-19(9-11-21)26(32)30-25-14-15-29-16-24(25)27(33)31(22-12-13-22)17-20-6-3-5-18-4-1-2-7-23(18)20/h1-11,22,24-25,29H,12-17H2,(H,30,32). The molecule has 5 nitrogen and oxygen atoms in total. The second-order valence-electron chi connectivity index (χ2n) is 9.02. The van der Waals surface area contributed by atoms with Crippen LogP contribution in [0.15, 0.2) is 66.7 Å². The van der Waals surface area contributed by atoms with Gasteiger partial charge >= 0.3 is 0 Å². The van der Waals surface area contributed by atoms with Gasteiger partial charge in [-0.15, -0.1) is 0 Å². The minimum absolute atomic E-state index is 0.0852. The van der Waals surface area contributed by atoms with E-state index in [1.54, 1.807) is 0 Å². The van der Waals surface area contributed by atoms with Crippen molar-refractivity contribution in [2.75, 3.05) is 13.1 Å². The number of piperidine rings is 1. The molecule has 2 fully saturated rings. The minimum Gasteiger partial charge on any atom is -0.348 e. The van der Waals surface area contributed by atoms with Crippen LogP contribution in [0.4, 0.5) is 4.39 Å². The molecule has 2 amide bonds. The van der Waals surface area contributed by atoms with Crippen LogP contribution in [0, 0.1) is 11.7 Å². The van der Waals surface area contributed by atoms with Gasteiger partial charge in [0, 0.05) is 30.7 Å². The van der Waals surface area contributed by atoms with Crippen LogP contribution in [0.3, 0.4) is 0 Å². The Morgan fingerprint density at radius 3 is 2.52 bits per heavy atom. The fraction of sp³-hybridized carbons (Fsp3) is 0.333. The van der Waals surface area contributed by atoms with E-state index in [1.807, 2.05) is 23.1 Å². The van der Waals surface area contributed by atoms with Gasteiger partial charge in [0.2, 0.25) is 5.91 Å². The number of nitrogens with one attached hydrogen (secondary N) is 2. The van der Waals surface area contributed by atoms with Crippen molar-refractivity contribution in [2.45, 2.75) is 37.9 Å². The minimum atomic E-state index is -0.380. The molecule has 170 valence electrons. The summed E-state index contributed by atoms with van der Waals surface area (Å²) in [5.74, 6) is -0.900. The lowest BCUT2D eigenvalue weighted by atomic mass is 9.91. The highest BCUT2D eigenvalue weighted by Gasteiger charge is 2.40. The largest absolute Gasteiger partial charge is 0.348 e. The number of nitrogens with zero attached hydrogens (tertiary/aromatic N) is 1. The molecular formula is C27H28FN3O2.